The average molecular weight is 283 g/mol. The van der Waals surface area contributed by atoms with Crippen LogP contribution < -0.4 is 0 Å². The number of nitroso groups, excluding NO2 is 1. The van der Waals surface area contributed by atoms with Gasteiger partial charge >= 0.3 is 5.97 Å². The number of carbonyl (C=O) groups excluding carboxylic acids is 1. The lowest BCUT2D eigenvalue weighted by molar-refractivity contribution is -0.492. The Morgan fingerprint density at radius 1 is 1.53 bits per heavy atom. The van der Waals surface area contributed by atoms with Gasteiger partial charge in [0.25, 0.3) is 5.69 Å². The molecule has 0 fully saturated rings. The number of esters is 1. The van der Waals surface area contributed by atoms with Crippen LogP contribution in [0, 0.1) is 4.91 Å². The molecule has 1 N–H and O–H groups in total. The van der Waals surface area contributed by atoms with E-state index in [1.807, 2.05) is 0 Å². The minimum Gasteiger partial charge on any atom is -0.506 e. The highest BCUT2D eigenvalue weighted by molar-refractivity contribution is 6.30. The zero-order valence-electron chi connectivity index (χ0n) is 10.5. The number of nitrogens with zero attached hydrogens (tertiary/aromatic N) is 1. The van der Waals surface area contributed by atoms with E-state index >= 15 is 0 Å². The molecular weight excluding hydrogens is 270 g/mol. The van der Waals surface area contributed by atoms with Crippen molar-refractivity contribution in [1.82, 2.24) is 0 Å². The standard InChI is InChI=1S/C13H12ClNO4/c1-3-19-13(17)11-7(2)15(18)10-5-4-8(14)6-9(10)12(11)16/h4-7H,3H2,1-2H3/p+1. The number of hydrogen-bond acceptors (Lipinski definition) is 4. The van der Waals surface area contributed by atoms with Gasteiger partial charge in [-0.1, -0.05) is 11.6 Å². The highest BCUT2D eigenvalue weighted by Gasteiger charge is 2.42. The van der Waals surface area contributed by atoms with Crippen molar-refractivity contribution in [1.29, 1.82) is 0 Å². The summed E-state index contributed by atoms with van der Waals surface area (Å²) in [6.07, 6.45) is 0. The number of ether oxygens (including phenoxy) is 1. The maximum absolute atomic E-state index is 12.1. The van der Waals surface area contributed by atoms with Crippen LogP contribution in [-0.2, 0) is 9.53 Å². The first-order chi connectivity index (χ1) is 8.97. The summed E-state index contributed by atoms with van der Waals surface area (Å²) in [4.78, 5) is 23.9. The number of benzene rings is 1. The van der Waals surface area contributed by atoms with Crippen molar-refractivity contribution in [2.45, 2.75) is 19.9 Å². The summed E-state index contributed by atoms with van der Waals surface area (Å²) in [5, 5.41) is 10.6. The van der Waals surface area contributed by atoms with Gasteiger partial charge in [-0.05, 0) is 19.1 Å². The van der Waals surface area contributed by atoms with Crippen LogP contribution in [-0.4, -0.2) is 28.5 Å². The van der Waals surface area contributed by atoms with Crippen LogP contribution >= 0.6 is 11.6 Å². The molecule has 1 aliphatic heterocycles. The van der Waals surface area contributed by atoms with Gasteiger partial charge < -0.3 is 9.84 Å². The predicted molar refractivity (Wildman–Crippen MR) is 70.4 cm³/mol. The number of aliphatic hydroxyl groups is 1. The number of aliphatic hydroxyl groups excluding tert-OH is 1. The molecule has 1 atom stereocenters. The van der Waals surface area contributed by atoms with Crippen LogP contribution in [0.1, 0.15) is 19.4 Å². The lowest BCUT2D eigenvalue weighted by atomic mass is 9.96. The number of halogens is 1. The van der Waals surface area contributed by atoms with Crippen molar-refractivity contribution in [3.63, 3.8) is 0 Å². The van der Waals surface area contributed by atoms with Crippen molar-refractivity contribution >= 4 is 29.0 Å². The van der Waals surface area contributed by atoms with Crippen molar-refractivity contribution in [3.8, 4) is 0 Å². The molecule has 0 saturated carbocycles. The normalized spacial score (nSPS) is 18.3. The molecule has 1 aromatic rings. The average Bonchev–Trinajstić information content (AvgIpc) is 2.36. The highest BCUT2D eigenvalue weighted by atomic mass is 35.5. The van der Waals surface area contributed by atoms with Crippen molar-refractivity contribution in [2.75, 3.05) is 6.61 Å². The van der Waals surface area contributed by atoms with Gasteiger partial charge in [0.2, 0.25) is 6.04 Å². The summed E-state index contributed by atoms with van der Waals surface area (Å²) in [6.45, 7) is 3.36. The number of hydrogen-bond donors (Lipinski definition) is 1. The van der Waals surface area contributed by atoms with E-state index in [1.165, 1.54) is 19.1 Å². The zero-order chi connectivity index (χ0) is 14.2. The van der Waals surface area contributed by atoms with E-state index in [-0.39, 0.29) is 29.2 Å². The summed E-state index contributed by atoms with van der Waals surface area (Å²) in [6, 6.07) is 3.70. The molecule has 0 radical (unpaired) electrons. The Morgan fingerprint density at radius 2 is 2.21 bits per heavy atom. The first-order valence-electron chi connectivity index (χ1n) is 5.84. The largest absolute Gasteiger partial charge is 0.506 e. The number of rotatable bonds is 2. The van der Waals surface area contributed by atoms with E-state index in [0.29, 0.717) is 9.78 Å². The topological polar surface area (TPSA) is 66.6 Å². The Hall–Kier alpha value is -1.88. The molecule has 0 aromatic heterocycles. The Balaban J connectivity index is 2.62. The van der Waals surface area contributed by atoms with Crippen LogP contribution in [0.4, 0.5) is 5.69 Å². The highest BCUT2D eigenvalue weighted by Crippen LogP contribution is 2.37. The fourth-order valence-electron chi connectivity index (χ4n) is 2.04. The molecule has 0 spiro atoms. The van der Waals surface area contributed by atoms with Gasteiger partial charge in [-0.25, -0.2) is 4.79 Å². The zero-order valence-corrected chi connectivity index (χ0v) is 11.3. The van der Waals surface area contributed by atoms with Gasteiger partial charge in [0, 0.05) is 27.7 Å². The summed E-state index contributed by atoms with van der Waals surface area (Å²) in [5.74, 6) is -0.950. The van der Waals surface area contributed by atoms with Crippen molar-refractivity contribution in [2.24, 2.45) is 0 Å². The lowest BCUT2D eigenvalue weighted by Gasteiger charge is -2.17. The smallest absolute Gasteiger partial charge is 0.344 e. The van der Waals surface area contributed by atoms with Crippen molar-refractivity contribution in [3.05, 3.63) is 39.3 Å². The summed E-state index contributed by atoms with van der Waals surface area (Å²) < 4.78 is 5.52. The monoisotopic (exact) mass is 282 g/mol. The summed E-state index contributed by atoms with van der Waals surface area (Å²) in [5.41, 5.74) is 0.470. The van der Waals surface area contributed by atoms with E-state index in [9.17, 15) is 14.8 Å². The van der Waals surface area contributed by atoms with Crippen molar-refractivity contribution < 1.29 is 19.4 Å². The predicted octanol–water partition coefficient (Wildman–Crippen LogP) is 2.98. The molecule has 1 aromatic carbocycles. The van der Waals surface area contributed by atoms with Crippen LogP contribution in [0.2, 0.25) is 5.02 Å². The first kappa shape index (κ1) is 13.5. The van der Waals surface area contributed by atoms with Crippen LogP contribution in [0.25, 0.3) is 5.76 Å². The number of fused-ring (bicyclic) bond motifs is 1. The van der Waals surface area contributed by atoms with Gasteiger partial charge in [-0.15, -0.1) is 0 Å². The van der Waals surface area contributed by atoms with E-state index < -0.39 is 12.0 Å². The fraction of sp³-hybridized carbons (Fsp3) is 0.308. The third-order valence-corrected chi connectivity index (χ3v) is 3.21. The maximum atomic E-state index is 12.1. The molecule has 1 heterocycles. The third kappa shape index (κ3) is 2.21. The van der Waals surface area contributed by atoms with E-state index in [4.69, 9.17) is 16.3 Å². The Labute approximate surface area is 115 Å². The third-order valence-electron chi connectivity index (χ3n) is 2.97. The van der Waals surface area contributed by atoms with Gasteiger partial charge in [-0.3, -0.25) is 0 Å². The molecule has 0 amide bonds. The molecule has 1 unspecified atom stereocenters. The fourth-order valence-corrected chi connectivity index (χ4v) is 2.21. The summed E-state index contributed by atoms with van der Waals surface area (Å²) >= 11 is 5.84. The molecule has 6 heteroatoms. The molecule has 2 rings (SSSR count). The van der Waals surface area contributed by atoms with Gasteiger partial charge in [0.1, 0.15) is 5.76 Å². The molecule has 0 bridgehead atoms. The Bertz CT molecular complexity index is 594. The SMILES string of the molecule is CCOC(=O)C1=C(O)c2cc(Cl)ccc2[N+](=O)C1C. The molecule has 5 nitrogen and oxygen atoms in total. The summed E-state index contributed by atoms with van der Waals surface area (Å²) in [7, 11) is 0. The van der Waals surface area contributed by atoms with E-state index in [1.54, 1.807) is 13.0 Å². The quantitative estimate of drug-likeness (QED) is 0.669. The second-order valence-electron chi connectivity index (χ2n) is 4.15. The Morgan fingerprint density at radius 3 is 2.84 bits per heavy atom. The van der Waals surface area contributed by atoms with Crippen LogP contribution in [0.15, 0.2) is 23.8 Å². The first-order valence-corrected chi connectivity index (χ1v) is 6.21. The second kappa shape index (κ2) is 5.01. The molecule has 100 valence electrons. The molecule has 1 aliphatic rings. The number of carbonyl (C=O) groups is 1. The second-order valence-corrected chi connectivity index (χ2v) is 4.58. The van der Waals surface area contributed by atoms with Gasteiger partial charge in [-0.2, -0.15) is 0 Å². The van der Waals surface area contributed by atoms with Gasteiger partial charge in [0.05, 0.1) is 12.2 Å². The van der Waals surface area contributed by atoms with Gasteiger partial charge in [0.15, 0.2) is 5.57 Å². The van der Waals surface area contributed by atoms with E-state index in [0.717, 1.165) is 0 Å². The maximum Gasteiger partial charge on any atom is 0.344 e. The molecule has 0 aliphatic carbocycles. The lowest BCUT2D eigenvalue weighted by Crippen LogP contribution is -2.30. The molecule has 0 saturated heterocycles. The van der Waals surface area contributed by atoms with Crippen LogP contribution in [0.3, 0.4) is 0 Å². The minimum atomic E-state index is -0.812. The molecule has 19 heavy (non-hydrogen) atoms. The van der Waals surface area contributed by atoms with Crippen LogP contribution in [0.5, 0.6) is 0 Å². The Kier molecular flexibility index (Phi) is 3.57. The molecular formula is C13H13ClNO4+. The van der Waals surface area contributed by atoms with E-state index in [2.05, 4.69) is 0 Å². The minimum absolute atomic E-state index is 0.0494.